The smallest absolute Gasteiger partial charge is 0.320 e. The molecule has 5 atom stereocenters. The fourth-order valence-corrected chi connectivity index (χ4v) is 3.16. The van der Waals surface area contributed by atoms with Crippen LogP contribution in [-0.4, -0.2) is 82.4 Å². The summed E-state index contributed by atoms with van der Waals surface area (Å²) >= 11 is 0. The third-order valence-electron chi connectivity index (χ3n) is 4.28. The average Bonchev–Trinajstić information content (AvgIpc) is 2.67. The summed E-state index contributed by atoms with van der Waals surface area (Å²) in [5, 5.41) is 0. The van der Waals surface area contributed by atoms with E-state index in [1.54, 1.807) is 0 Å². The summed E-state index contributed by atoms with van der Waals surface area (Å²) < 4.78 is 35.9. The monoisotopic (exact) mass is 434 g/mol. The van der Waals surface area contributed by atoms with E-state index in [1.807, 2.05) is 0 Å². The Balaban J connectivity index is 3.52. The Kier molecular flexibility index (Phi) is 9.66. The Hall–Kier alpha value is -2.73. The first-order valence-electron chi connectivity index (χ1n) is 8.89. The van der Waals surface area contributed by atoms with Crippen molar-refractivity contribution >= 4 is 29.8 Å². The first-order valence-corrected chi connectivity index (χ1v) is 8.89. The predicted molar refractivity (Wildman–Crippen MR) is 94.4 cm³/mol. The molecule has 1 rings (SSSR count). The van der Waals surface area contributed by atoms with Crippen LogP contribution in [0, 0.1) is 11.8 Å². The molecule has 0 radical (unpaired) electrons. The van der Waals surface area contributed by atoms with Gasteiger partial charge < -0.3 is 33.2 Å². The van der Waals surface area contributed by atoms with Crippen molar-refractivity contribution in [2.75, 3.05) is 27.9 Å². The summed E-state index contributed by atoms with van der Waals surface area (Å²) in [7, 11) is 3.33. The predicted octanol–water partition coefficient (Wildman–Crippen LogP) is -0.637. The van der Waals surface area contributed by atoms with Crippen molar-refractivity contribution in [3.05, 3.63) is 0 Å². The molecule has 12 heteroatoms. The van der Waals surface area contributed by atoms with Gasteiger partial charge in [0.05, 0.1) is 20.1 Å². The first kappa shape index (κ1) is 25.3. The molecule has 0 aliphatic carbocycles. The van der Waals surface area contributed by atoms with E-state index >= 15 is 0 Å². The molecule has 1 fully saturated rings. The van der Waals surface area contributed by atoms with Crippen LogP contribution in [0.15, 0.2) is 0 Å². The molecule has 0 aromatic rings. The number of hydrogen-bond acceptors (Lipinski definition) is 12. The molecule has 0 amide bonds. The number of hydrogen-bond donors (Lipinski definition) is 0. The maximum absolute atomic E-state index is 12.4. The zero-order valence-electron chi connectivity index (χ0n) is 17.6. The van der Waals surface area contributed by atoms with E-state index in [0.29, 0.717) is 0 Å². The van der Waals surface area contributed by atoms with Gasteiger partial charge in [-0.15, -0.1) is 0 Å². The summed E-state index contributed by atoms with van der Waals surface area (Å²) in [5.74, 6) is -7.15. The normalized spacial score (nSPS) is 25.8. The minimum atomic E-state index is -1.64. The topological polar surface area (TPSA) is 150 Å². The fourth-order valence-electron chi connectivity index (χ4n) is 3.16. The molecule has 1 aliphatic rings. The molecule has 0 unspecified atom stereocenters. The van der Waals surface area contributed by atoms with Crippen LogP contribution in [0.1, 0.15) is 20.8 Å². The summed E-state index contributed by atoms with van der Waals surface area (Å²) in [6, 6.07) is 0. The number of ether oxygens (including phenoxy) is 7. The van der Waals surface area contributed by atoms with Crippen molar-refractivity contribution in [3.8, 4) is 0 Å². The van der Waals surface area contributed by atoms with Crippen molar-refractivity contribution < 1.29 is 57.1 Å². The van der Waals surface area contributed by atoms with Gasteiger partial charge in [0.15, 0.2) is 24.4 Å². The van der Waals surface area contributed by atoms with Gasteiger partial charge in [-0.05, 0) is 0 Å². The second kappa shape index (κ2) is 11.5. The number of rotatable bonds is 8. The Morgan fingerprint density at radius 1 is 0.800 bits per heavy atom. The SMILES string of the molecule is COC(=O)C(C(=O)OC)[C@H]1[C@@H](OC)O[C@H](COC(C)=O)[C@H](OC(C)=O)[C@@H]1OC(C)=O. The van der Waals surface area contributed by atoms with Gasteiger partial charge in [-0.3, -0.25) is 24.0 Å². The molecule has 0 spiro atoms. The van der Waals surface area contributed by atoms with Crippen LogP contribution in [0.5, 0.6) is 0 Å². The molecule has 0 bridgehead atoms. The van der Waals surface area contributed by atoms with Crippen LogP contribution < -0.4 is 0 Å². The maximum Gasteiger partial charge on any atom is 0.320 e. The largest absolute Gasteiger partial charge is 0.468 e. The third kappa shape index (κ3) is 6.39. The first-order chi connectivity index (χ1) is 14.1. The molecule has 1 saturated heterocycles. The highest BCUT2D eigenvalue weighted by Crippen LogP contribution is 2.37. The lowest BCUT2D eigenvalue weighted by Crippen LogP contribution is -2.62. The van der Waals surface area contributed by atoms with Crippen molar-refractivity contribution in [1.82, 2.24) is 0 Å². The standard InChI is InChI=1S/C18H26O12/c1-8(19)27-7-11-14(28-9(2)20)15(29-10(3)21)12(18(26-6)30-11)13(16(22)24-4)17(23)25-5/h11-15,18H,7H2,1-6H3/t11-,12-,14+,15-,18+/m1/s1. The van der Waals surface area contributed by atoms with E-state index in [4.69, 9.17) is 23.7 Å². The van der Waals surface area contributed by atoms with Gasteiger partial charge in [0.1, 0.15) is 12.7 Å². The Labute approximate surface area is 173 Å². The van der Waals surface area contributed by atoms with Gasteiger partial charge in [-0.25, -0.2) is 0 Å². The van der Waals surface area contributed by atoms with E-state index in [2.05, 4.69) is 9.47 Å². The number of carbonyl (C=O) groups excluding carboxylic acids is 5. The Morgan fingerprint density at radius 3 is 1.70 bits per heavy atom. The molecule has 0 aromatic heterocycles. The Morgan fingerprint density at radius 2 is 1.30 bits per heavy atom. The zero-order chi connectivity index (χ0) is 23.0. The quantitative estimate of drug-likeness (QED) is 0.272. The fraction of sp³-hybridized carbons (Fsp3) is 0.722. The second-order valence-corrected chi connectivity index (χ2v) is 6.33. The molecule has 1 aliphatic heterocycles. The second-order valence-electron chi connectivity index (χ2n) is 6.33. The lowest BCUT2D eigenvalue weighted by Gasteiger charge is -2.45. The Bertz CT molecular complexity index is 644. The number of esters is 5. The molecule has 170 valence electrons. The summed E-state index contributed by atoms with van der Waals surface area (Å²) in [6.45, 7) is 2.97. The van der Waals surface area contributed by atoms with Crippen LogP contribution in [0.2, 0.25) is 0 Å². The molecule has 1 heterocycles. The van der Waals surface area contributed by atoms with Gasteiger partial charge >= 0.3 is 29.8 Å². The average molecular weight is 434 g/mol. The van der Waals surface area contributed by atoms with Gasteiger partial charge in [0, 0.05) is 27.9 Å². The molecule has 12 nitrogen and oxygen atoms in total. The maximum atomic E-state index is 12.4. The van der Waals surface area contributed by atoms with E-state index in [9.17, 15) is 24.0 Å². The van der Waals surface area contributed by atoms with Crippen molar-refractivity contribution in [2.45, 2.75) is 45.4 Å². The van der Waals surface area contributed by atoms with Crippen molar-refractivity contribution in [2.24, 2.45) is 11.8 Å². The van der Waals surface area contributed by atoms with Crippen LogP contribution in [0.3, 0.4) is 0 Å². The minimum absolute atomic E-state index is 0.376. The molecule has 0 N–H and O–H groups in total. The van der Waals surface area contributed by atoms with E-state index in [0.717, 1.165) is 35.0 Å². The minimum Gasteiger partial charge on any atom is -0.468 e. The highest BCUT2D eigenvalue weighted by molar-refractivity contribution is 5.95. The van der Waals surface area contributed by atoms with Gasteiger partial charge in [-0.1, -0.05) is 0 Å². The highest BCUT2D eigenvalue weighted by atomic mass is 16.7. The van der Waals surface area contributed by atoms with Gasteiger partial charge in [-0.2, -0.15) is 0 Å². The van der Waals surface area contributed by atoms with E-state index in [1.165, 1.54) is 7.11 Å². The van der Waals surface area contributed by atoms with Crippen molar-refractivity contribution in [3.63, 3.8) is 0 Å². The van der Waals surface area contributed by atoms with Gasteiger partial charge in [0.2, 0.25) is 0 Å². The lowest BCUT2D eigenvalue weighted by molar-refractivity contribution is -0.293. The summed E-state index contributed by atoms with van der Waals surface area (Å²) in [4.78, 5) is 59.5. The lowest BCUT2D eigenvalue weighted by atomic mass is 9.80. The molecule has 0 saturated carbocycles. The van der Waals surface area contributed by atoms with E-state index < -0.39 is 66.3 Å². The molecule has 0 aromatic carbocycles. The summed E-state index contributed by atoms with van der Waals surface area (Å²) in [6.07, 6.45) is -5.17. The molecular weight excluding hydrogens is 408 g/mol. The van der Waals surface area contributed by atoms with E-state index in [-0.39, 0.29) is 6.61 Å². The van der Waals surface area contributed by atoms with Crippen LogP contribution >= 0.6 is 0 Å². The molecular formula is C18H26O12. The third-order valence-corrected chi connectivity index (χ3v) is 4.28. The number of carbonyl (C=O) groups is 5. The van der Waals surface area contributed by atoms with Crippen LogP contribution in [0.4, 0.5) is 0 Å². The van der Waals surface area contributed by atoms with Crippen LogP contribution in [-0.2, 0) is 57.1 Å². The van der Waals surface area contributed by atoms with Gasteiger partial charge in [0.25, 0.3) is 0 Å². The zero-order valence-corrected chi connectivity index (χ0v) is 17.6. The summed E-state index contributed by atoms with van der Waals surface area (Å²) in [5.41, 5.74) is 0. The highest BCUT2D eigenvalue weighted by Gasteiger charge is 2.57. The van der Waals surface area contributed by atoms with Crippen molar-refractivity contribution in [1.29, 1.82) is 0 Å². The number of methoxy groups -OCH3 is 3. The van der Waals surface area contributed by atoms with Crippen LogP contribution in [0.25, 0.3) is 0 Å². The molecule has 30 heavy (non-hydrogen) atoms.